The lowest BCUT2D eigenvalue weighted by molar-refractivity contribution is 1.52. The third-order valence-corrected chi connectivity index (χ3v) is 3.80. The molecule has 0 saturated carbocycles. The molecular formula is C23H17N. The number of hydrogen-bond acceptors (Lipinski definition) is 1. The molecule has 24 heavy (non-hydrogen) atoms. The molecule has 0 N–H and O–H groups in total. The van der Waals surface area contributed by atoms with Gasteiger partial charge in [-0.05, 0) is 33.9 Å². The zero-order valence-corrected chi connectivity index (χ0v) is 13.3. The molecule has 1 nitrogen and oxygen atoms in total. The summed E-state index contributed by atoms with van der Waals surface area (Å²) < 4.78 is 0. The van der Waals surface area contributed by atoms with Crippen LogP contribution >= 0.6 is 0 Å². The summed E-state index contributed by atoms with van der Waals surface area (Å²) in [6.45, 7) is 0. The summed E-state index contributed by atoms with van der Waals surface area (Å²) in [5.74, 6) is 0. The molecule has 0 radical (unpaired) electrons. The van der Waals surface area contributed by atoms with Crippen LogP contribution in [0.15, 0.2) is 103 Å². The van der Waals surface area contributed by atoms with Crippen molar-refractivity contribution in [3.63, 3.8) is 0 Å². The van der Waals surface area contributed by atoms with Gasteiger partial charge in [0.15, 0.2) is 0 Å². The zero-order valence-electron chi connectivity index (χ0n) is 13.3. The van der Waals surface area contributed by atoms with Gasteiger partial charge in [-0.3, -0.25) is 0 Å². The van der Waals surface area contributed by atoms with Gasteiger partial charge in [-0.15, -0.1) is 0 Å². The molecule has 0 aliphatic heterocycles. The van der Waals surface area contributed by atoms with Gasteiger partial charge in [0.25, 0.3) is 0 Å². The maximum absolute atomic E-state index is 9.03. The van der Waals surface area contributed by atoms with Gasteiger partial charge < -0.3 is 0 Å². The van der Waals surface area contributed by atoms with E-state index in [-0.39, 0.29) is 0 Å². The quantitative estimate of drug-likeness (QED) is 0.343. The maximum atomic E-state index is 9.03. The molecular weight excluding hydrogens is 290 g/mol. The molecule has 0 amide bonds. The van der Waals surface area contributed by atoms with E-state index in [2.05, 4.69) is 42.5 Å². The summed E-state index contributed by atoms with van der Waals surface area (Å²) in [4.78, 5) is 0. The Labute approximate surface area is 142 Å². The fourth-order valence-corrected chi connectivity index (χ4v) is 2.75. The van der Waals surface area contributed by atoms with Crippen LogP contribution in [0.25, 0.3) is 11.1 Å². The van der Waals surface area contributed by atoms with E-state index >= 15 is 0 Å². The topological polar surface area (TPSA) is 23.8 Å². The van der Waals surface area contributed by atoms with Gasteiger partial charge in [0, 0.05) is 6.08 Å². The van der Waals surface area contributed by atoms with Gasteiger partial charge >= 0.3 is 0 Å². The van der Waals surface area contributed by atoms with Crippen molar-refractivity contribution in [3.05, 3.63) is 120 Å². The predicted octanol–water partition coefficient (Wildman–Crippen LogP) is 5.73. The van der Waals surface area contributed by atoms with Crippen molar-refractivity contribution in [1.29, 1.82) is 5.26 Å². The molecule has 3 aromatic rings. The molecule has 0 spiro atoms. The maximum Gasteiger partial charge on any atom is 0.0912 e. The molecule has 0 fully saturated rings. The van der Waals surface area contributed by atoms with Crippen molar-refractivity contribution >= 4 is 11.1 Å². The second-order valence-electron chi connectivity index (χ2n) is 5.35. The number of nitriles is 1. The van der Waals surface area contributed by atoms with Gasteiger partial charge in [-0.1, -0.05) is 91.0 Å². The van der Waals surface area contributed by atoms with Crippen molar-refractivity contribution in [2.24, 2.45) is 0 Å². The van der Waals surface area contributed by atoms with Crippen molar-refractivity contribution < 1.29 is 0 Å². The predicted molar refractivity (Wildman–Crippen MR) is 100.0 cm³/mol. The summed E-state index contributed by atoms with van der Waals surface area (Å²) in [5, 5.41) is 9.03. The average molecular weight is 307 g/mol. The Bertz CT molecular complexity index is 842. The Balaban J connectivity index is 2.33. The van der Waals surface area contributed by atoms with E-state index in [1.54, 1.807) is 0 Å². The van der Waals surface area contributed by atoms with Crippen molar-refractivity contribution in [2.45, 2.75) is 0 Å². The van der Waals surface area contributed by atoms with Gasteiger partial charge in [0.1, 0.15) is 0 Å². The number of nitrogens with zero attached hydrogens (tertiary/aromatic N) is 1. The minimum atomic E-state index is 1.04. The Kier molecular flexibility index (Phi) is 5.02. The molecule has 0 unspecified atom stereocenters. The first-order chi connectivity index (χ1) is 11.9. The molecule has 0 heterocycles. The van der Waals surface area contributed by atoms with Crippen LogP contribution < -0.4 is 0 Å². The van der Waals surface area contributed by atoms with E-state index in [0.29, 0.717) is 0 Å². The molecule has 0 aromatic heterocycles. The highest BCUT2D eigenvalue weighted by Gasteiger charge is 2.11. The third kappa shape index (κ3) is 3.51. The summed E-state index contributed by atoms with van der Waals surface area (Å²) in [6, 6.07) is 32.9. The van der Waals surface area contributed by atoms with E-state index in [4.69, 9.17) is 5.26 Å². The first-order valence-electron chi connectivity index (χ1n) is 7.87. The first kappa shape index (κ1) is 15.5. The van der Waals surface area contributed by atoms with Crippen LogP contribution in [0.5, 0.6) is 0 Å². The normalized spacial score (nSPS) is 10.3. The lowest BCUT2D eigenvalue weighted by Gasteiger charge is -2.14. The van der Waals surface area contributed by atoms with E-state index in [1.807, 2.05) is 60.7 Å². The first-order valence-corrected chi connectivity index (χ1v) is 7.87. The fourth-order valence-electron chi connectivity index (χ4n) is 2.75. The van der Waals surface area contributed by atoms with E-state index < -0.39 is 0 Å². The molecule has 3 aromatic carbocycles. The highest BCUT2D eigenvalue weighted by molar-refractivity contribution is 6.02. The van der Waals surface area contributed by atoms with E-state index in [1.165, 1.54) is 6.08 Å². The Hall–Kier alpha value is -3.37. The fraction of sp³-hybridized carbons (Fsp3) is 0. The smallest absolute Gasteiger partial charge is 0.0912 e. The van der Waals surface area contributed by atoms with Crippen molar-refractivity contribution in [3.8, 4) is 6.07 Å². The van der Waals surface area contributed by atoms with Crippen LogP contribution in [-0.4, -0.2) is 0 Å². The van der Waals surface area contributed by atoms with Crippen LogP contribution in [0.2, 0.25) is 0 Å². The van der Waals surface area contributed by atoms with Crippen LogP contribution in [-0.2, 0) is 0 Å². The Morgan fingerprint density at radius 2 is 1.04 bits per heavy atom. The van der Waals surface area contributed by atoms with Crippen LogP contribution in [0.1, 0.15) is 16.7 Å². The van der Waals surface area contributed by atoms with Gasteiger partial charge in [0.2, 0.25) is 0 Å². The Morgan fingerprint density at radius 3 is 1.46 bits per heavy atom. The summed E-state index contributed by atoms with van der Waals surface area (Å²) in [6.07, 6.45) is 3.43. The summed E-state index contributed by atoms with van der Waals surface area (Å²) in [7, 11) is 0. The van der Waals surface area contributed by atoms with Crippen molar-refractivity contribution in [1.82, 2.24) is 0 Å². The standard InChI is InChI=1S/C23H17N/c24-18-10-17-22(19-11-4-1-5-12-19)23(20-13-6-2-7-14-20)21-15-8-3-9-16-21/h1-17H/b17-10+. The minimum Gasteiger partial charge on any atom is -0.193 e. The summed E-state index contributed by atoms with van der Waals surface area (Å²) >= 11 is 0. The second kappa shape index (κ2) is 7.76. The largest absolute Gasteiger partial charge is 0.193 e. The monoisotopic (exact) mass is 307 g/mol. The molecule has 0 atom stereocenters. The zero-order chi connectivity index (χ0) is 16.6. The third-order valence-electron chi connectivity index (χ3n) is 3.80. The summed E-state index contributed by atoms with van der Waals surface area (Å²) in [5.41, 5.74) is 5.51. The van der Waals surface area contributed by atoms with E-state index in [0.717, 1.165) is 27.8 Å². The molecule has 3 rings (SSSR count). The number of hydrogen-bond donors (Lipinski definition) is 0. The molecule has 0 aliphatic rings. The van der Waals surface area contributed by atoms with Crippen molar-refractivity contribution in [2.75, 3.05) is 0 Å². The minimum absolute atomic E-state index is 1.04. The number of benzene rings is 3. The van der Waals surface area contributed by atoms with E-state index in [9.17, 15) is 0 Å². The lowest BCUT2D eigenvalue weighted by Crippen LogP contribution is -1.93. The number of allylic oxidation sites excluding steroid dienone is 3. The molecule has 0 aliphatic carbocycles. The van der Waals surface area contributed by atoms with Gasteiger partial charge in [0.05, 0.1) is 6.07 Å². The molecule has 0 saturated heterocycles. The average Bonchev–Trinajstić information content (AvgIpc) is 2.67. The molecule has 0 bridgehead atoms. The highest BCUT2D eigenvalue weighted by Crippen LogP contribution is 2.33. The lowest BCUT2D eigenvalue weighted by atomic mass is 9.89. The number of rotatable bonds is 4. The second-order valence-corrected chi connectivity index (χ2v) is 5.35. The van der Waals surface area contributed by atoms with Crippen LogP contribution in [0.3, 0.4) is 0 Å². The van der Waals surface area contributed by atoms with Crippen LogP contribution in [0.4, 0.5) is 0 Å². The Morgan fingerprint density at radius 1 is 0.625 bits per heavy atom. The highest BCUT2D eigenvalue weighted by atomic mass is 14.2. The van der Waals surface area contributed by atoms with Crippen LogP contribution in [0, 0.1) is 11.3 Å². The SMILES string of the molecule is N#C/C=C/C(=C(c1ccccc1)c1ccccc1)c1ccccc1. The molecule has 1 heteroatoms. The molecule has 114 valence electrons. The van der Waals surface area contributed by atoms with Gasteiger partial charge in [-0.25, -0.2) is 0 Å². The van der Waals surface area contributed by atoms with Gasteiger partial charge in [-0.2, -0.15) is 5.26 Å².